The molecule has 1 aromatic heterocycles. The molecule has 7 heteroatoms. The molecule has 218 valence electrons. The van der Waals surface area contributed by atoms with E-state index in [9.17, 15) is 0 Å². The summed E-state index contributed by atoms with van der Waals surface area (Å²) in [4.78, 5) is 10.6. The molecule has 5 heterocycles. The molecule has 0 aliphatic carbocycles. The van der Waals surface area contributed by atoms with Crippen LogP contribution in [0.4, 0.5) is 43.2 Å². The van der Waals surface area contributed by atoms with Gasteiger partial charge in [-0.05, 0) is 0 Å². The second kappa shape index (κ2) is 9.59. The molecule has 11 rings (SSSR count). The van der Waals surface area contributed by atoms with Crippen LogP contribution in [-0.4, -0.2) is 28.5 Å². The Labute approximate surface area is 280 Å². The van der Waals surface area contributed by atoms with Crippen LogP contribution in [0.15, 0.2) is 158 Å². The van der Waals surface area contributed by atoms with Gasteiger partial charge in [-0.2, -0.15) is 0 Å². The molecule has 0 radical (unpaired) electrons. The molecule has 0 atom stereocenters. The Kier molecular flexibility index (Phi) is 5.26. The van der Waals surface area contributed by atoms with Crippen molar-refractivity contribution in [1.29, 1.82) is 0 Å². The topological polar surface area (TPSA) is 13.0 Å². The van der Waals surface area contributed by atoms with Crippen LogP contribution in [0.2, 0.25) is 0 Å². The molecular weight excluding hydrogens is 637 g/mol. The number of rotatable bonds is 2. The number of anilines is 8. The Hall–Kier alpha value is -5.35. The Balaban J connectivity index is 1.25. The first-order chi connectivity index (χ1) is 23.4. The fourth-order valence-electron chi connectivity index (χ4n) is 8.36. The summed E-state index contributed by atoms with van der Waals surface area (Å²) < 4.78 is 2.85. The summed E-state index contributed by atoms with van der Waals surface area (Å²) in [5.74, 6) is 0. The van der Waals surface area contributed by atoms with E-state index in [0.717, 1.165) is 0 Å². The number of benzene rings is 6. The molecule has 0 amide bonds. The Morgan fingerprint density at radius 1 is 0.340 bits per heavy atom. The molecule has 4 nitrogen and oxygen atoms in total. The SMILES string of the molecule is c1ccc(N2B3c4ccccc4-c4ccccc4N3c3[se]c4c(c32)N(c2ccccc2)B2c3ccccc3-c3ccccc3N24)cc1. The maximum atomic E-state index is 2.67. The molecular formula is C40H26B2N4Se. The first kappa shape index (κ1) is 25.8. The zero-order chi connectivity index (χ0) is 30.6. The van der Waals surface area contributed by atoms with E-state index < -0.39 is 0 Å². The van der Waals surface area contributed by atoms with Gasteiger partial charge in [0.05, 0.1) is 0 Å². The molecule has 47 heavy (non-hydrogen) atoms. The van der Waals surface area contributed by atoms with Gasteiger partial charge in [-0.25, -0.2) is 0 Å². The molecule has 4 aliphatic heterocycles. The van der Waals surface area contributed by atoms with E-state index in [1.807, 2.05) is 0 Å². The number of hydrogen-bond donors (Lipinski definition) is 0. The zero-order valence-corrected chi connectivity index (χ0v) is 27.1. The van der Waals surface area contributed by atoms with Gasteiger partial charge in [-0.3, -0.25) is 0 Å². The number of nitrogens with zero attached hydrogens (tertiary/aromatic N) is 4. The Morgan fingerprint density at radius 3 is 1.15 bits per heavy atom. The third kappa shape index (κ3) is 3.35. The molecule has 0 saturated carbocycles. The van der Waals surface area contributed by atoms with E-state index in [2.05, 4.69) is 177 Å². The van der Waals surface area contributed by atoms with Crippen LogP contribution in [0.3, 0.4) is 0 Å². The monoisotopic (exact) mass is 664 g/mol. The predicted octanol–water partition coefficient (Wildman–Crippen LogP) is 8.07. The second-order valence-electron chi connectivity index (χ2n) is 12.5. The van der Waals surface area contributed by atoms with E-state index in [-0.39, 0.29) is 28.5 Å². The first-order valence-corrected chi connectivity index (χ1v) is 17.9. The van der Waals surface area contributed by atoms with Gasteiger partial charge in [0.1, 0.15) is 0 Å². The maximum absolute atomic E-state index is 2.67. The number of hydrogen-bond acceptors (Lipinski definition) is 4. The Morgan fingerprint density at radius 2 is 0.702 bits per heavy atom. The number of fused-ring (bicyclic) bond motifs is 17. The third-order valence-electron chi connectivity index (χ3n) is 10.2. The van der Waals surface area contributed by atoms with Gasteiger partial charge < -0.3 is 0 Å². The van der Waals surface area contributed by atoms with E-state index in [1.54, 1.807) is 0 Å². The van der Waals surface area contributed by atoms with Gasteiger partial charge >= 0.3 is 282 Å². The molecule has 7 aromatic rings. The van der Waals surface area contributed by atoms with Crippen molar-refractivity contribution in [2.24, 2.45) is 0 Å². The summed E-state index contributed by atoms with van der Waals surface area (Å²) in [6.45, 7) is 0.0542. The standard InChI is InChI=1S/C40H26B2N4Se/c1-3-15-27(16-4-1)43-37-38-40(47-39(37)45-35-25-13-9-21-31(35)29-19-7-11-23-33(29)41(43)45)46-36-26-14-10-22-32(36)30-20-8-12-24-34(30)42(46)44(38)28-17-5-2-6-18-28/h1-26H. The van der Waals surface area contributed by atoms with Crippen molar-refractivity contribution < 1.29 is 0 Å². The summed E-state index contributed by atoms with van der Waals surface area (Å²) in [5.41, 5.74) is 15.6. The van der Waals surface area contributed by atoms with Crippen molar-refractivity contribution in [3.63, 3.8) is 0 Å². The zero-order valence-electron chi connectivity index (χ0n) is 25.4. The van der Waals surface area contributed by atoms with Crippen molar-refractivity contribution in [2.75, 3.05) is 19.2 Å². The molecule has 6 aromatic carbocycles. The van der Waals surface area contributed by atoms with Gasteiger partial charge in [0.2, 0.25) is 0 Å². The molecule has 0 fully saturated rings. The number of para-hydroxylation sites is 4. The fourth-order valence-corrected chi connectivity index (χ4v) is 11.2. The van der Waals surface area contributed by atoms with E-state index in [0.29, 0.717) is 0 Å². The van der Waals surface area contributed by atoms with Crippen molar-refractivity contribution in [3.8, 4) is 22.3 Å². The van der Waals surface area contributed by atoms with E-state index in [4.69, 9.17) is 0 Å². The fraction of sp³-hybridized carbons (Fsp3) is 0. The van der Waals surface area contributed by atoms with Gasteiger partial charge in [0, 0.05) is 0 Å². The third-order valence-corrected chi connectivity index (χ3v) is 12.6. The molecule has 0 unspecified atom stereocenters. The van der Waals surface area contributed by atoms with Crippen molar-refractivity contribution in [1.82, 2.24) is 0 Å². The summed E-state index contributed by atoms with van der Waals surface area (Å²) >= 11 is 0.0347. The van der Waals surface area contributed by atoms with Gasteiger partial charge in [-0.1, -0.05) is 0 Å². The van der Waals surface area contributed by atoms with Crippen molar-refractivity contribution >= 4 is 82.6 Å². The van der Waals surface area contributed by atoms with Crippen LogP contribution < -0.4 is 30.2 Å². The van der Waals surface area contributed by atoms with E-state index in [1.165, 1.54) is 76.4 Å². The van der Waals surface area contributed by atoms with Gasteiger partial charge in [-0.15, -0.1) is 0 Å². The van der Waals surface area contributed by atoms with Crippen LogP contribution in [0.5, 0.6) is 0 Å². The molecule has 0 spiro atoms. The van der Waals surface area contributed by atoms with Crippen LogP contribution >= 0.6 is 0 Å². The van der Waals surface area contributed by atoms with E-state index >= 15 is 0 Å². The second-order valence-corrected chi connectivity index (χ2v) is 14.6. The van der Waals surface area contributed by atoms with Crippen LogP contribution in [0, 0.1) is 0 Å². The normalized spacial score (nSPS) is 14.6. The quantitative estimate of drug-likeness (QED) is 0.174. The van der Waals surface area contributed by atoms with Crippen LogP contribution in [0.25, 0.3) is 22.3 Å². The molecule has 0 N–H and O–H groups in total. The molecule has 0 bridgehead atoms. The van der Waals surface area contributed by atoms with Gasteiger partial charge in [0.25, 0.3) is 0 Å². The summed E-state index contributed by atoms with van der Waals surface area (Å²) in [7, 11) is 0. The molecule has 0 saturated heterocycles. The minimum atomic E-state index is 0.0271. The molecule has 4 aliphatic rings. The minimum absolute atomic E-state index is 0.0271. The summed E-state index contributed by atoms with van der Waals surface area (Å²) in [6.07, 6.45) is 0. The van der Waals surface area contributed by atoms with Crippen LogP contribution in [-0.2, 0) is 0 Å². The van der Waals surface area contributed by atoms with Crippen molar-refractivity contribution in [3.05, 3.63) is 158 Å². The first-order valence-electron chi connectivity index (χ1n) is 16.2. The average molecular weight is 663 g/mol. The Bertz CT molecular complexity index is 2210. The predicted molar refractivity (Wildman–Crippen MR) is 199 cm³/mol. The van der Waals surface area contributed by atoms with Crippen molar-refractivity contribution in [2.45, 2.75) is 0 Å². The summed E-state index contributed by atoms with van der Waals surface area (Å²) in [5, 5.41) is 0. The summed E-state index contributed by atoms with van der Waals surface area (Å²) in [6, 6.07) is 58.1. The van der Waals surface area contributed by atoms with Crippen LogP contribution in [0.1, 0.15) is 0 Å². The average Bonchev–Trinajstić information content (AvgIpc) is 3.79. The van der Waals surface area contributed by atoms with Gasteiger partial charge in [0.15, 0.2) is 0 Å².